The van der Waals surface area contributed by atoms with Crippen LogP contribution in [0.5, 0.6) is 5.75 Å². The van der Waals surface area contributed by atoms with Gasteiger partial charge in [0.2, 0.25) is 0 Å². The normalized spacial score (nSPS) is 11.8. The van der Waals surface area contributed by atoms with E-state index < -0.39 is 0 Å². The Balaban J connectivity index is 1.75. The number of methoxy groups -OCH3 is 1. The van der Waals surface area contributed by atoms with E-state index in [0.29, 0.717) is 23.2 Å². The zero-order chi connectivity index (χ0) is 28.6. The lowest BCUT2D eigenvalue weighted by atomic mass is 9.98. The summed E-state index contributed by atoms with van der Waals surface area (Å²) in [6, 6.07) is 20.1. The van der Waals surface area contributed by atoms with E-state index in [2.05, 4.69) is 66.0 Å². The molecule has 40 heavy (non-hydrogen) atoms. The average Bonchev–Trinajstić information content (AvgIpc) is 3.57. The van der Waals surface area contributed by atoms with Crippen LogP contribution in [0, 0.1) is 22.7 Å². The lowest BCUT2D eigenvalue weighted by molar-refractivity contribution is 0.415. The van der Waals surface area contributed by atoms with Crippen LogP contribution in [-0.4, -0.2) is 34.7 Å². The van der Waals surface area contributed by atoms with Gasteiger partial charge >= 0.3 is 0 Å². The molecule has 0 fully saturated rings. The van der Waals surface area contributed by atoms with Gasteiger partial charge in [-0.25, -0.2) is 4.98 Å². The first-order valence-corrected chi connectivity index (χ1v) is 14.1. The molecule has 0 spiro atoms. The second-order valence-electron chi connectivity index (χ2n) is 9.22. The van der Waals surface area contributed by atoms with Crippen molar-refractivity contribution in [2.24, 2.45) is 10.2 Å². The van der Waals surface area contributed by atoms with Gasteiger partial charge in [0.15, 0.2) is 21.5 Å². The Morgan fingerprint density at radius 3 is 2.25 bits per heavy atom. The molecule has 2 aromatic heterocycles. The number of azo groups is 1. The predicted molar refractivity (Wildman–Crippen MR) is 158 cm³/mol. The van der Waals surface area contributed by atoms with Gasteiger partial charge in [-0.2, -0.15) is 15.5 Å². The summed E-state index contributed by atoms with van der Waals surface area (Å²) < 4.78 is 6.95. The van der Waals surface area contributed by atoms with E-state index in [0.717, 1.165) is 41.5 Å². The van der Waals surface area contributed by atoms with Crippen LogP contribution in [0.25, 0.3) is 11.3 Å². The van der Waals surface area contributed by atoms with Crippen LogP contribution in [0.4, 0.5) is 16.1 Å². The SMILES string of the molecule is CCC(C)c1ccc(Cn2c(/N=N/c3sc(N(CC)CC)nc3-c3ccc(OC)cc3)nc(C#N)c2C#N)cc1. The second-order valence-corrected chi connectivity index (χ2v) is 10.2. The monoisotopic (exact) mass is 552 g/mol. The maximum absolute atomic E-state index is 9.85. The smallest absolute Gasteiger partial charge is 0.252 e. The second kappa shape index (κ2) is 13.0. The van der Waals surface area contributed by atoms with Crippen molar-refractivity contribution >= 4 is 27.4 Å². The van der Waals surface area contributed by atoms with Gasteiger partial charge in [-0.05, 0) is 61.6 Å². The fraction of sp³-hybridized carbons (Fsp3) is 0.333. The number of thiazole rings is 1. The fourth-order valence-electron chi connectivity index (χ4n) is 4.25. The summed E-state index contributed by atoms with van der Waals surface area (Å²) in [5, 5.41) is 30.0. The number of benzene rings is 2. The highest BCUT2D eigenvalue weighted by Gasteiger charge is 2.20. The van der Waals surface area contributed by atoms with Gasteiger partial charge in [0.05, 0.1) is 13.7 Å². The zero-order valence-electron chi connectivity index (χ0n) is 23.4. The Bertz CT molecular complexity index is 1550. The topological polar surface area (TPSA) is 115 Å². The number of nitrogens with zero attached hydrogens (tertiary/aromatic N) is 8. The first-order chi connectivity index (χ1) is 19.5. The molecule has 10 heteroatoms. The molecule has 0 saturated carbocycles. The minimum absolute atomic E-state index is 0.0242. The molecular weight excluding hydrogens is 520 g/mol. The highest BCUT2D eigenvalue weighted by atomic mass is 32.1. The summed E-state index contributed by atoms with van der Waals surface area (Å²) in [5.74, 6) is 1.41. The van der Waals surface area contributed by atoms with Gasteiger partial charge in [0.25, 0.3) is 5.95 Å². The molecule has 0 bridgehead atoms. The maximum Gasteiger partial charge on any atom is 0.252 e. The van der Waals surface area contributed by atoms with Crippen LogP contribution in [0.15, 0.2) is 58.8 Å². The number of nitriles is 2. The van der Waals surface area contributed by atoms with Crippen LogP contribution in [-0.2, 0) is 6.54 Å². The van der Waals surface area contributed by atoms with E-state index in [1.54, 1.807) is 11.7 Å². The molecular formula is C30H32N8OS. The number of imidazole rings is 1. The molecule has 9 nitrogen and oxygen atoms in total. The summed E-state index contributed by atoms with van der Waals surface area (Å²) in [6.45, 7) is 10.5. The highest BCUT2D eigenvalue weighted by Crippen LogP contribution is 2.41. The number of hydrogen-bond acceptors (Lipinski definition) is 9. The van der Waals surface area contributed by atoms with Gasteiger partial charge in [0, 0.05) is 18.7 Å². The van der Waals surface area contributed by atoms with Crippen molar-refractivity contribution in [3.05, 3.63) is 71.0 Å². The number of aromatic nitrogens is 3. The van der Waals surface area contributed by atoms with E-state index in [1.165, 1.54) is 16.9 Å². The molecule has 1 unspecified atom stereocenters. The molecule has 2 aromatic carbocycles. The molecule has 4 rings (SSSR count). The van der Waals surface area contributed by atoms with E-state index >= 15 is 0 Å². The number of hydrogen-bond donors (Lipinski definition) is 0. The third kappa shape index (κ3) is 6.03. The summed E-state index contributed by atoms with van der Waals surface area (Å²) in [5.41, 5.74) is 3.99. The summed E-state index contributed by atoms with van der Waals surface area (Å²) in [7, 11) is 1.63. The number of rotatable bonds is 11. The van der Waals surface area contributed by atoms with E-state index in [-0.39, 0.29) is 17.3 Å². The van der Waals surface area contributed by atoms with Crippen LogP contribution in [0.3, 0.4) is 0 Å². The molecule has 0 aliphatic rings. The van der Waals surface area contributed by atoms with Crippen molar-refractivity contribution in [1.29, 1.82) is 10.5 Å². The summed E-state index contributed by atoms with van der Waals surface area (Å²) in [4.78, 5) is 11.4. The largest absolute Gasteiger partial charge is 0.497 e. The van der Waals surface area contributed by atoms with Crippen molar-refractivity contribution in [2.75, 3.05) is 25.1 Å². The third-order valence-electron chi connectivity index (χ3n) is 6.89. The first-order valence-electron chi connectivity index (χ1n) is 13.3. The maximum atomic E-state index is 9.85. The van der Waals surface area contributed by atoms with Crippen LogP contribution in [0.1, 0.15) is 62.5 Å². The predicted octanol–water partition coefficient (Wildman–Crippen LogP) is 7.58. The molecule has 0 aliphatic heterocycles. The molecule has 0 N–H and O–H groups in total. The van der Waals surface area contributed by atoms with Crippen LogP contribution >= 0.6 is 11.3 Å². The van der Waals surface area contributed by atoms with Crippen molar-refractivity contribution in [3.63, 3.8) is 0 Å². The van der Waals surface area contributed by atoms with Gasteiger partial charge in [-0.3, -0.25) is 4.57 Å². The standard InChI is InChI=1S/C30H32N8OS/c1-6-20(4)22-11-9-21(10-12-22)19-38-26(18-32)25(17-31)33-29(38)36-35-28-27(23-13-15-24(39-5)16-14-23)34-30(40-28)37(7-2)8-3/h9-16,20H,6-8,19H2,1-5H3/b36-35+. The third-order valence-corrected chi connectivity index (χ3v) is 7.89. The lowest BCUT2D eigenvalue weighted by Crippen LogP contribution is -2.21. The molecule has 0 radical (unpaired) electrons. The lowest BCUT2D eigenvalue weighted by Gasteiger charge is -2.16. The Morgan fingerprint density at radius 1 is 0.975 bits per heavy atom. The average molecular weight is 553 g/mol. The Labute approximate surface area is 239 Å². The number of anilines is 1. The van der Waals surface area contributed by atoms with Gasteiger partial charge in [0.1, 0.15) is 23.6 Å². The Kier molecular flexibility index (Phi) is 9.26. The van der Waals surface area contributed by atoms with E-state index in [9.17, 15) is 10.5 Å². The minimum atomic E-state index is 0.0242. The van der Waals surface area contributed by atoms with Crippen molar-refractivity contribution < 1.29 is 4.74 Å². The van der Waals surface area contributed by atoms with Gasteiger partial charge < -0.3 is 9.64 Å². The van der Waals surface area contributed by atoms with Crippen molar-refractivity contribution in [2.45, 2.75) is 46.6 Å². The fourth-order valence-corrected chi connectivity index (χ4v) is 5.29. The zero-order valence-corrected chi connectivity index (χ0v) is 24.2. The summed E-state index contributed by atoms with van der Waals surface area (Å²) >= 11 is 1.44. The quantitative estimate of drug-likeness (QED) is 0.177. The molecule has 204 valence electrons. The van der Waals surface area contributed by atoms with Crippen LogP contribution in [0.2, 0.25) is 0 Å². The van der Waals surface area contributed by atoms with Crippen molar-refractivity contribution in [3.8, 4) is 29.1 Å². The van der Waals surface area contributed by atoms with Crippen molar-refractivity contribution in [1.82, 2.24) is 14.5 Å². The van der Waals surface area contributed by atoms with E-state index in [1.807, 2.05) is 42.5 Å². The molecule has 2 heterocycles. The number of ether oxygens (including phenoxy) is 1. The highest BCUT2D eigenvalue weighted by molar-refractivity contribution is 7.19. The van der Waals surface area contributed by atoms with Gasteiger partial charge in [-0.1, -0.05) is 49.4 Å². The molecule has 0 aliphatic carbocycles. The Hall–Kier alpha value is -4.54. The first kappa shape index (κ1) is 28.5. The molecule has 0 amide bonds. The molecule has 4 aromatic rings. The van der Waals surface area contributed by atoms with Crippen LogP contribution < -0.4 is 9.64 Å². The molecule has 0 saturated heterocycles. The minimum Gasteiger partial charge on any atom is -0.497 e. The van der Waals surface area contributed by atoms with E-state index in [4.69, 9.17) is 9.72 Å². The summed E-state index contributed by atoms with van der Waals surface area (Å²) in [6.07, 6.45) is 1.06. The molecule has 1 atom stereocenters. The van der Waals surface area contributed by atoms with Gasteiger partial charge in [-0.15, -0.1) is 10.2 Å². The Morgan fingerprint density at radius 2 is 1.68 bits per heavy atom.